The van der Waals surface area contributed by atoms with E-state index in [1.54, 1.807) is 0 Å². The average molecular weight is 398 g/mol. The number of hydrogen-bond donors (Lipinski definition) is 1. The Labute approximate surface area is 178 Å². The van der Waals surface area contributed by atoms with Gasteiger partial charge in [0.1, 0.15) is 12.4 Å². The van der Waals surface area contributed by atoms with E-state index in [4.69, 9.17) is 14.7 Å². The van der Waals surface area contributed by atoms with Crippen molar-refractivity contribution in [3.05, 3.63) is 89.1 Å². The van der Waals surface area contributed by atoms with Crippen LogP contribution in [0.2, 0.25) is 0 Å². The summed E-state index contributed by atoms with van der Waals surface area (Å²) in [6.07, 6.45) is 6.41. The molecule has 1 N–H and O–H groups in total. The number of nitrogens with one attached hydrogen (secondary N) is 1. The molecule has 0 bridgehead atoms. The Kier molecular flexibility index (Phi) is 5.58. The van der Waals surface area contributed by atoms with Crippen LogP contribution in [0.5, 0.6) is 5.75 Å². The molecule has 3 aromatic rings. The maximum absolute atomic E-state index is 5.90. The molecule has 1 saturated heterocycles. The van der Waals surface area contributed by atoms with Crippen LogP contribution in [0.4, 0.5) is 5.82 Å². The van der Waals surface area contributed by atoms with Crippen LogP contribution in [0.3, 0.4) is 0 Å². The zero-order chi connectivity index (χ0) is 20.2. The quantitative estimate of drug-likeness (QED) is 0.644. The second kappa shape index (κ2) is 8.80. The van der Waals surface area contributed by atoms with Gasteiger partial charge in [0.2, 0.25) is 0 Å². The molecule has 0 saturated carbocycles. The van der Waals surface area contributed by atoms with Crippen LogP contribution in [-0.4, -0.2) is 23.8 Å². The highest BCUT2D eigenvalue weighted by Gasteiger charge is 2.20. The van der Waals surface area contributed by atoms with Crippen molar-refractivity contribution < 1.29 is 4.74 Å². The highest BCUT2D eigenvalue weighted by atomic mass is 16.5. The van der Waals surface area contributed by atoms with Crippen molar-refractivity contribution in [2.45, 2.75) is 38.2 Å². The summed E-state index contributed by atoms with van der Waals surface area (Å²) in [5.41, 5.74) is 6.10. The fourth-order valence-corrected chi connectivity index (χ4v) is 4.31. The Hall–Kier alpha value is -2.98. The van der Waals surface area contributed by atoms with E-state index in [2.05, 4.69) is 35.6 Å². The van der Waals surface area contributed by atoms with Crippen LogP contribution >= 0.6 is 0 Å². The molecule has 4 nitrogen and oxygen atoms in total. The number of rotatable bonds is 5. The Morgan fingerprint density at radius 3 is 2.53 bits per heavy atom. The second-order valence-electron chi connectivity index (χ2n) is 8.13. The van der Waals surface area contributed by atoms with E-state index in [0.29, 0.717) is 12.5 Å². The summed E-state index contributed by atoms with van der Waals surface area (Å²) in [4.78, 5) is 9.60. The van der Waals surface area contributed by atoms with Crippen LogP contribution in [0, 0.1) is 0 Å². The number of hydrogen-bond acceptors (Lipinski definition) is 4. The number of ether oxygens (including phenoxy) is 1. The molecular formula is C26H27N3O. The summed E-state index contributed by atoms with van der Waals surface area (Å²) < 4.78 is 5.90. The van der Waals surface area contributed by atoms with Gasteiger partial charge in [-0.3, -0.25) is 0 Å². The second-order valence-corrected chi connectivity index (χ2v) is 8.13. The van der Waals surface area contributed by atoms with E-state index in [-0.39, 0.29) is 0 Å². The molecule has 0 amide bonds. The molecule has 152 valence electrons. The van der Waals surface area contributed by atoms with E-state index in [0.717, 1.165) is 48.8 Å². The summed E-state index contributed by atoms with van der Waals surface area (Å²) >= 11 is 0. The number of aliphatic imine (C=N–C) groups is 1. The molecule has 2 aromatic carbocycles. The van der Waals surface area contributed by atoms with Gasteiger partial charge in [0.05, 0.1) is 5.71 Å². The van der Waals surface area contributed by atoms with E-state index in [1.165, 1.54) is 29.5 Å². The van der Waals surface area contributed by atoms with Gasteiger partial charge < -0.3 is 10.1 Å². The Morgan fingerprint density at radius 2 is 1.73 bits per heavy atom. The normalized spacial score (nSPS) is 16.6. The van der Waals surface area contributed by atoms with E-state index < -0.39 is 0 Å². The lowest BCUT2D eigenvalue weighted by Gasteiger charge is -2.24. The van der Waals surface area contributed by atoms with Crippen LogP contribution < -0.4 is 10.1 Å². The van der Waals surface area contributed by atoms with Crippen molar-refractivity contribution >= 4 is 11.5 Å². The van der Waals surface area contributed by atoms with Crippen molar-refractivity contribution in [3.63, 3.8) is 0 Å². The fraction of sp³-hybridized carbons (Fsp3) is 0.308. The Balaban J connectivity index is 1.28. The van der Waals surface area contributed by atoms with Crippen molar-refractivity contribution in [2.24, 2.45) is 4.99 Å². The minimum atomic E-state index is 0.581. The smallest absolute Gasteiger partial charge is 0.155 e. The van der Waals surface area contributed by atoms with Crippen LogP contribution in [0.1, 0.15) is 47.4 Å². The summed E-state index contributed by atoms with van der Waals surface area (Å²) in [5.74, 6) is 2.40. The van der Waals surface area contributed by atoms with Gasteiger partial charge in [0.15, 0.2) is 5.82 Å². The number of fused-ring (bicyclic) bond motifs is 1. The average Bonchev–Trinajstić information content (AvgIpc) is 2.84. The minimum Gasteiger partial charge on any atom is -0.489 e. The SMILES string of the molecule is c1ccc(COc2ccc(C3=Nc4ncc(C5CCNCC5)cc4CC3)cc2)cc1. The van der Waals surface area contributed by atoms with Crippen molar-refractivity contribution in [2.75, 3.05) is 13.1 Å². The number of piperidine rings is 1. The third kappa shape index (κ3) is 4.29. The molecule has 1 aromatic heterocycles. The van der Waals surface area contributed by atoms with E-state index >= 15 is 0 Å². The van der Waals surface area contributed by atoms with E-state index in [1.807, 2.05) is 36.5 Å². The number of aromatic nitrogens is 1. The number of benzene rings is 2. The Morgan fingerprint density at radius 1 is 0.933 bits per heavy atom. The topological polar surface area (TPSA) is 46.5 Å². The molecule has 0 atom stereocenters. The maximum Gasteiger partial charge on any atom is 0.155 e. The molecule has 30 heavy (non-hydrogen) atoms. The van der Waals surface area contributed by atoms with Gasteiger partial charge >= 0.3 is 0 Å². The molecule has 1 fully saturated rings. The van der Waals surface area contributed by atoms with Gasteiger partial charge in [-0.25, -0.2) is 9.98 Å². The lowest BCUT2D eigenvalue weighted by Crippen LogP contribution is -2.26. The maximum atomic E-state index is 5.90. The molecule has 3 heterocycles. The van der Waals surface area contributed by atoms with Crippen LogP contribution in [-0.2, 0) is 13.0 Å². The lowest BCUT2D eigenvalue weighted by atomic mass is 9.89. The third-order valence-corrected chi connectivity index (χ3v) is 6.08. The molecule has 0 spiro atoms. The highest BCUT2D eigenvalue weighted by molar-refractivity contribution is 6.03. The van der Waals surface area contributed by atoms with Gasteiger partial charge in [0.25, 0.3) is 0 Å². The molecular weight excluding hydrogens is 370 g/mol. The lowest BCUT2D eigenvalue weighted by molar-refractivity contribution is 0.306. The zero-order valence-corrected chi connectivity index (χ0v) is 17.2. The monoisotopic (exact) mass is 397 g/mol. The van der Waals surface area contributed by atoms with Crippen LogP contribution in [0.25, 0.3) is 0 Å². The molecule has 0 unspecified atom stereocenters. The summed E-state index contributed by atoms with van der Waals surface area (Å²) in [6.45, 7) is 2.79. The molecule has 2 aliphatic heterocycles. The predicted octanol–water partition coefficient (Wildman–Crippen LogP) is 5.19. The van der Waals surface area contributed by atoms with Gasteiger partial charge in [0, 0.05) is 6.20 Å². The summed E-state index contributed by atoms with van der Waals surface area (Å²) in [5, 5.41) is 3.44. The number of nitrogens with zero attached hydrogens (tertiary/aromatic N) is 2. The largest absolute Gasteiger partial charge is 0.489 e. The molecule has 0 radical (unpaired) electrons. The first-order valence-corrected chi connectivity index (χ1v) is 10.9. The fourth-order valence-electron chi connectivity index (χ4n) is 4.31. The first kappa shape index (κ1) is 19.0. The van der Waals surface area contributed by atoms with Gasteiger partial charge in [-0.15, -0.1) is 0 Å². The predicted molar refractivity (Wildman–Crippen MR) is 121 cm³/mol. The number of aryl methyl sites for hydroxylation is 1. The zero-order valence-electron chi connectivity index (χ0n) is 17.2. The standard InChI is InChI=1S/C26H27N3O/c1-2-4-19(5-3-1)18-30-24-9-6-21(7-10-24)25-11-8-22-16-23(17-28-26(22)29-25)20-12-14-27-15-13-20/h1-7,9-10,16-17,20,27H,8,11-15,18H2. The van der Waals surface area contributed by atoms with Crippen molar-refractivity contribution in [3.8, 4) is 5.75 Å². The highest BCUT2D eigenvalue weighted by Crippen LogP contribution is 2.31. The van der Waals surface area contributed by atoms with Gasteiger partial charge in [-0.05, 0) is 91.2 Å². The molecule has 5 rings (SSSR count). The Bertz CT molecular complexity index is 1020. The first-order chi connectivity index (χ1) is 14.8. The summed E-state index contributed by atoms with van der Waals surface area (Å²) in [6, 6.07) is 20.9. The van der Waals surface area contributed by atoms with Crippen LogP contribution in [0.15, 0.2) is 71.9 Å². The van der Waals surface area contributed by atoms with E-state index in [9.17, 15) is 0 Å². The number of pyridine rings is 1. The van der Waals surface area contributed by atoms with Gasteiger partial charge in [-0.2, -0.15) is 0 Å². The minimum absolute atomic E-state index is 0.581. The third-order valence-electron chi connectivity index (χ3n) is 6.08. The first-order valence-electron chi connectivity index (χ1n) is 10.9. The van der Waals surface area contributed by atoms with Crippen molar-refractivity contribution in [1.82, 2.24) is 10.3 Å². The molecule has 4 heteroatoms. The molecule has 2 aliphatic rings. The van der Waals surface area contributed by atoms with Crippen molar-refractivity contribution in [1.29, 1.82) is 0 Å². The molecule has 0 aliphatic carbocycles. The summed E-state index contributed by atoms with van der Waals surface area (Å²) in [7, 11) is 0. The van der Waals surface area contributed by atoms with Gasteiger partial charge in [-0.1, -0.05) is 36.4 Å².